The van der Waals surface area contributed by atoms with Crippen molar-refractivity contribution in [2.75, 3.05) is 33.3 Å². The van der Waals surface area contributed by atoms with Crippen molar-refractivity contribution in [3.05, 3.63) is 48.0 Å². The first kappa shape index (κ1) is 19.2. The number of furan rings is 1. The molecule has 0 aromatic carbocycles. The highest BCUT2D eigenvalue weighted by Crippen LogP contribution is 2.24. The molecule has 1 aliphatic heterocycles. The highest BCUT2D eigenvalue weighted by Gasteiger charge is 2.25. The Bertz CT molecular complexity index is 711. The van der Waals surface area contributed by atoms with Crippen molar-refractivity contribution < 1.29 is 9.15 Å². The van der Waals surface area contributed by atoms with Crippen LogP contribution in [0.2, 0.25) is 0 Å². The molecule has 7 nitrogen and oxygen atoms in total. The van der Waals surface area contributed by atoms with Crippen LogP contribution in [0.5, 0.6) is 5.88 Å². The second-order valence-corrected chi connectivity index (χ2v) is 6.52. The average molecular weight is 371 g/mol. The third kappa shape index (κ3) is 5.47. The lowest BCUT2D eigenvalue weighted by Gasteiger charge is -2.26. The van der Waals surface area contributed by atoms with Gasteiger partial charge in [0, 0.05) is 19.2 Å². The van der Waals surface area contributed by atoms with Crippen LogP contribution in [-0.4, -0.2) is 49.1 Å². The molecule has 0 aliphatic carbocycles. The fourth-order valence-corrected chi connectivity index (χ4v) is 3.30. The molecule has 3 rings (SSSR count). The molecule has 7 heteroatoms. The van der Waals surface area contributed by atoms with Crippen LogP contribution in [0, 0.1) is 0 Å². The molecule has 0 amide bonds. The van der Waals surface area contributed by atoms with Gasteiger partial charge in [0.1, 0.15) is 5.76 Å². The number of nitrogens with one attached hydrogen (secondary N) is 2. The van der Waals surface area contributed by atoms with E-state index in [4.69, 9.17) is 9.15 Å². The van der Waals surface area contributed by atoms with E-state index in [2.05, 4.69) is 38.5 Å². The van der Waals surface area contributed by atoms with Gasteiger partial charge in [-0.25, -0.2) is 9.98 Å². The van der Waals surface area contributed by atoms with E-state index in [1.54, 1.807) is 13.4 Å². The summed E-state index contributed by atoms with van der Waals surface area (Å²) in [7, 11) is 1.62. The quantitative estimate of drug-likeness (QED) is 0.549. The molecule has 1 aliphatic rings. The van der Waals surface area contributed by atoms with E-state index in [0.717, 1.165) is 43.6 Å². The van der Waals surface area contributed by atoms with Gasteiger partial charge < -0.3 is 19.8 Å². The monoisotopic (exact) mass is 371 g/mol. The first-order valence-electron chi connectivity index (χ1n) is 9.59. The second-order valence-electron chi connectivity index (χ2n) is 6.52. The number of pyridine rings is 1. The van der Waals surface area contributed by atoms with Gasteiger partial charge in [0.2, 0.25) is 5.88 Å². The first-order valence-corrected chi connectivity index (χ1v) is 9.59. The van der Waals surface area contributed by atoms with Gasteiger partial charge in [0.25, 0.3) is 0 Å². The molecule has 1 atom stereocenters. The third-order valence-electron chi connectivity index (χ3n) is 4.65. The molecular formula is C20H29N5O2. The zero-order valence-electron chi connectivity index (χ0n) is 16.1. The lowest BCUT2D eigenvalue weighted by Crippen LogP contribution is -2.42. The molecule has 0 saturated carbocycles. The summed E-state index contributed by atoms with van der Waals surface area (Å²) in [5, 5.41) is 6.77. The van der Waals surface area contributed by atoms with Crippen LogP contribution in [-0.2, 0) is 6.54 Å². The van der Waals surface area contributed by atoms with Crippen LogP contribution in [0.3, 0.4) is 0 Å². The van der Waals surface area contributed by atoms with Crippen molar-refractivity contribution in [1.82, 2.24) is 20.5 Å². The number of methoxy groups -OCH3 is 1. The van der Waals surface area contributed by atoms with Gasteiger partial charge in [-0.05, 0) is 51.1 Å². The Labute approximate surface area is 160 Å². The zero-order chi connectivity index (χ0) is 18.9. The molecule has 27 heavy (non-hydrogen) atoms. The predicted octanol–water partition coefficient (Wildman–Crippen LogP) is 2.58. The minimum atomic E-state index is 0.210. The predicted molar refractivity (Wildman–Crippen MR) is 106 cm³/mol. The molecule has 1 fully saturated rings. The van der Waals surface area contributed by atoms with Crippen molar-refractivity contribution in [2.45, 2.75) is 32.4 Å². The first-order chi connectivity index (χ1) is 13.3. The van der Waals surface area contributed by atoms with Gasteiger partial charge in [-0.2, -0.15) is 0 Å². The summed E-state index contributed by atoms with van der Waals surface area (Å²) in [4.78, 5) is 11.6. The number of hydrogen-bond acceptors (Lipinski definition) is 5. The maximum atomic E-state index is 5.69. The van der Waals surface area contributed by atoms with E-state index in [1.807, 2.05) is 24.3 Å². The fourth-order valence-electron chi connectivity index (χ4n) is 3.30. The summed E-state index contributed by atoms with van der Waals surface area (Å²) in [6, 6.07) is 9.92. The van der Waals surface area contributed by atoms with Crippen LogP contribution >= 0.6 is 0 Å². The number of guanidine groups is 1. The summed E-state index contributed by atoms with van der Waals surface area (Å²) in [5.74, 6) is 2.38. The van der Waals surface area contributed by atoms with E-state index in [0.29, 0.717) is 12.4 Å². The maximum Gasteiger partial charge on any atom is 0.213 e. The Morgan fingerprint density at radius 2 is 2.11 bits per heavy atom. The number of likely N-dealkylation sites (tertiary alicyclic amines) is 1. The summed E-state index contributed by atoms with van der Waals surface area (Å²) in [6.07, 6.45) is 4.23. The molecule has 0 radical (unpaired) electrons. The van der Waals surface area contributed by atoms with Gasteiger partial charge in [-0.1, -0.05) is 6.07 Å². The van der Waals surface area contributed by atoms with Crippen LogP contribution in [0.25, 0.3) is 0 Å². The minimum absolute atomic E-state index is 0.210. The van der Waals surface area contributed by atoms with Crippen molar-refractivity contribution >= 4 is 5.96 Å². The van der Waals surface area contributed by atoms with Crippen LogP contribution in [0.4, 0.5) is 0 Å². The minimum Gasteiger partial charge on any atom is -0.481 e. The van der Waals surface area contributed by atoms with E-state index in [-0.39, 0.29) is 6.04 Å². The molecule has 2 N–H and O–H groups in total. The summed E-state index contributed by atoms with van der Waals surface area (Å²) >= 11 is 0. The van der Waals surface area contributed by atoms with E-state index >= 15 is 0 Å². The highest BCUT2D eigenvalue weighted by atomic mass is 16.5. The summed E-state index contributed by atoms with van der Waals surface area (Å²) in [6.45, 7) is 6.30. The molecule has 0 spiro atoms. The number of nitrogens with zero attached hydrogens (tertiary/aromatic N) is 3. The summed E-state index contributed by atoms with van der Waals surface area (Å²) < 4.78 is 10.9. The Morgan fingerprint density at radius 1 is 1.26 bits per heavy atom. The Balaban J connectivity index is 1.65. The molecule has 0 bridgehead atoms. The lowest BCUT2D eigenvalue weighted by molar-refractivity contribution is 0.215. The lowest BCUT2D eigenvalue weighted by atomic mass is 10.2. The smallest absolute Gasteiger partial charge is 0.213 e. The zero-order valence-corrected chi connectivity index (χ0v) is 16.1. The Morgan fingerprint density at radius 3 is 2.81 bits per heavy atom. The normalized spacial score (nSPS) is 16.3. The highest BCUT2D eigenvalue weighted by molar-refractivity contribution is 5.79. The number of ether oxygens (including phenoxy) is 1. The Kier molecular flexibility index (Phi) is 7.10. The summed E-state index contributed by atoms with van der Waals surface area (Å²) in [5.41, 5.74) is 0.869. The maximum absolute atomic E-state index is 5.69. The van der Waals surface area contributed by atoms with E-state index in [1.165, 1.54) is 12.8 Å². The van der Waals surface area contributed by atoms with Crippen molar-refractivity contribution in [3.63, 3.8) is 0 Å². The van der Waals surface area contributed by atoms with Gasteiger partial charge in [-0.3, -0.25) is 4.90 Å². The van der Waals surface area contributed by atoms with Gasteiger partial charge in [0.05, 0.1) is 31.7 Å². The van der Waals surface area contributed by atoms with E-state index < -0.39 is 0 Å². The average Bonchev–Trinajstić information content (AvgIpc) is 3.41. The number of rotatable bonds is 8. The molecule has 3 heterocycles. The van der Waals surface area contributed by atoms with Gasteiger partial charge >= 0.3 is 0 Å². The Hall–Kier alpha value is -2.54. The number of aromatic nitrogens is 1. The molecule has 2 aromatic rings. The van der Waals surface area contributed by atoms with Crippen molar-refractivity contribution in [2.24, 2.45) is 4.99 Å². The molecule has 2 aromatic heterocycles. The number of hydrogen-bond donors (Lipinski definition) is 2. The van der Waals surface area contributed by atoms with Gasteiger partial charge in [-0.15, -0.1) is 0 Å². The molecular weight excluding hydrogens is 342 g/mol. The largest absolute Gasteiger partial charge is 0.481 e. The molecule has 1 saturated heterocycles. The van der Waals surface area contributed by atoms with Crippen LogP contribution in [0.1, 0.15) is 37.3 Å². The van der Waals surface area contributed by atoms with Crippen LogP contribution in [0.15, 0.2) is 46.0 Å². The second kappa shape index (κ2) is 9.97. The van der Waals surface area contributed by atoms with Crippen LogP contribution < -0.4 is 15.4 Å². The fraction of sp³-hybridized carbons (Fsp3) is 0.500. The molecule has 146 valence electrons. The SMILES string of the molecule is CCNC(=NCc1cccc(OC)n1)NCC(c1ccco1)N1CCCC1. The third-order valence-corrected chi connectivity index (χ3v) is 4.65. The topological polar surface area (TPSA) is 74.9 Å². The standard InChI is InChI=1S/C20H29N5O2/c1-3-21-20(22-14-16-8-6-10-19(24-16)26-2)23-15-17(18-9-7-13-27-18)25-11-4-5-12-25/h6-10,13,17H,3-5,11-12,14-15H2,1-2H3,(H2,21,22,23). The van der Waals surface area contributed by atoms with E-state index in [9.17, 15) is 0 Å². The van der Waals surface area contributed by atoms with Crippen molar-refractivity contribution in [3.8, 4) is 5.88 Å². The van der Waals surface area contributed by atoms with Gasteiger partial charge in [0.15, 0.2) is 5.96 Å². The van der Waals surface area contributed by atoms with Crippen molar-refractivity contribution in [1.29, 1.82) is 0 Å². The number of aliphatic imine (C=N–C) groups is 1. The molecule has 1 unspecified atom stereocenters.